The van der Waals surface area contributed by atoms with Crippen LogP contribution in [0.2, 0.25) is 5.02 Å². The van der Waals surface area contributed by atoms with Gasteiger partial charge in [0.25, 0.3) is 0 Å². The second-order valence-corrected chi connectivity index (χ2v) is 6.30. The number of esters is 1. The molecule has 0 radical (unpaired) electrons. The maximum absolute atomic E-state index is 12.1. The molecular formula is C17H9BrClNO4. The van der Waals surface area contributed by atoms with Gasteiger partial charge in [0.2, 0.25) is 12.7 Å². The second kappa shape index (κ2) is 5.96. The largest absolute Gasteiger partial charge is 0.454 e. The minimum atomic E-state index is -0.533. The van der Waals surface area contributed by atoms with Gasteiger partial charge in [-0.05, 0) is 45.8 Å². The van der Waals surface area contributed by atoms with Gasteiger partial charge in [-0.25, -0.2) is 9.79 Å². The van der Waals surface area contributed by atoms with Gasteiger partial charge in [-0.2, -0.15) is 0 Å². The van der Waals surface area contributed by atoms with Gasteiger partial charge in [-0.15, -0.1) is 0 Å². The number of halogens is 2. The van der Waals surface area contributed by atoms with E-state index in [-0.39, 0.29) is 18.4 Å². The summed E-state index contributed by atoms with van der Waals surface area (Å²) in [5, 5.41) is 0.434. The van der Waals surface area contributed by atoms with Crippen molar-refractivity contribution in [1.29, 1.82) is 0 Å². The van der Waals surface area contributed by atoms with Crippen LogP contribution < -0.4 is 9.47 Å². The van der Waals surface area contributed by atoms with Crippen LogP contribution >= 0.6 is 27.5 Å². The summed E-state index contributed by atoms with van der Waals surface area (Å²) in [7, 11) is 0. The molecule has 2 heterocycles. The monoisotopic (exact) mass is 405 g/mol. The molecular weight excluding hydrogens is 398 g/mol. The van der Waals surface area contributed by atoms with Crippen LogP contribution in [0, 0.1) is 0 Å². The van der Waals surface area contributed by atoms with E-state index in [0.29, 0.717) is 27.6 Å². The summed E-state index contributed by atoms with van der Waals surface area (Å²) < 4.78 is 16.6. The van der Waals surface area contributed by atoms with Crippen molar-refractivity contribution in [2.45, 2.75) is 0 Å². The Morgan fingerprint density at radius 1 is 1.17 bits per heavy atom. The number of carbonyl (C=O) groups excluding carboxylic acids is 1. The highest BCUT2D eigenvalue weighted by atomic mass is 79.9. The van der Waals surface area contributed by atoms with E-state index in [2.05, 4.69) is 20.9 Å². The lowest BCUT2D eigenvalue weighted by Crippen LogP contribution is -2.05. The van der Waals surface area contributed by atoms with Crippen molar-refractivity contribution in [3.05, 3.63) is 62.7 Å². The van der Waals surface area contributed by atoms with E-state index in [0.717, 1.165) is 4.47 Å². The van der Waals surface area contributed by atoms with Crippen LogP contribution in [0.3, 0.4) is 0 Å². The first-order valence-corrected chi connectivity index (χ1v) is 8.15. The molecule has 2 aliphatic rings. The predicted octanol–water partition coefficient (Wildman–Crippen LogP) is 4.18. The molecule has 0 unspecified atom stereocenters. The Morgan fingerprint density at radius 3 is 2.71 bits per heavy atom. The lowest BCUT2D eigenvalue weighted by atomic mass is 10.1. The van der Waals surface area contributed by atoms with Crippen LogP contribution in [-0.4, -0.2) is 18.7 Å². The lowest BCUT2D eigenvalue weighted by molar-refractivity contribution is -0.129. The number of ether oxygens (including phenoxy) is 3. The number of benzene rings is 2. The van der Waals surface area contributed by atoms with Gasteiger partial charge < -0.3 is 14.2 Å². The standard InChI is InChI=1S/C17H9BrClNO4/c18-11-4-2-1-3-10(11)16-20-13(17(21)24-16)5-9-6-14-15(7-12(9)19)23-8-22-14/h1-7H,8H2/b13-5+. The number of aliphatic imine (C=N–C) groups is 1. The Labute approximate surface area is 150 Å². The third kappa shape index (κ3) is 2.68. The third-order valence-electron chi connectivity index (χ3n) is 3.51. The van der Waals surface area contributed by atoms with E-state index in [1.54, 1.807) is 18.2 Å². The van der Waals surface area contributed by atoms with Crippen LogP contribution in [-0.2, 0) is 9.53 Å². The fraction of sp³-hybridized carbons (Fsp3) is 0.0588. The molecule has 0 saturated carbocycles. The molecule has 24 heavy (non-hydrogen) atoms. The van der Waals surface area contributed by atoms with Crippen molar-refractivity contribution >= 4 is 45.5 Å². The number of nitrogens with zero attached hydrogens (tertiary/aromatic N) is 1. The Hall–Kier alpha value is -2.31. The zero-order valence-corrected chi connectivity index (χ0v) is 14.4. The summed E-state index contributed by atoms with van der Waals surface area (Å²) in [6.45, 7) is 0.151. The van der Waals surface area contributed by atoms with Gasteiger partial charge in [-0.1, -0.05) is 23.7 Å². The van der Waals surface area contributed by atoms with E-state index in [1.807, 2.05) is 24.3 Å². The van der Waals surface area contributed by atoms with Crippen LogP contribution in [0.15, 0.2) is 51.6 Å². The normalized spacial score (nSPS) is 17.2. The molecule has 2 aliphatic heterocycles. The van der Waals surface area contributed by atoms with Crippen molar-refractivity contribution in [2.75, 3.05) is 6.79 Å². The van der Waals surface area contributed by atoms with Gasteiger partial charge in [0.05, 0.1) is 10.6 Å². The Morgan fingerprint density at radius 2 is 1.92 bits per heavy atom. The highest BCUT2D eigenvalue weighted by Gasteiger charge is 2.26. The average Bonchev–Trinajstić information content (AvgIpc) is 3.15. The molecule has 5 nitrogen and oxygen atoms in total. The van der Waals surface area contributed by atoms with E-state index < -0.39 is 5.97 Å². The number of cyclic esters (lactones) is 1. The van der Waals surface area contributed by atoms with Crippen LogP contribution in [0.25, 0.3) is 6.08 Å². The van der Waals surface area contributed by atoms with Crippen molar-refractivity contribution in [1.82, 2.24) is 0 Å². The maximum atomic E-state index is 12.1. The van der Waals surface area contributed by atoms with Crippen molar-refractivity contribution in [3.63, 3.8) is 0 Å². The SMILES string of the molecule is O=C1OC(c2ccccc2Br)=N/C1=C/c1cc2c(cc1Cl)OCO2. The quantitative estimate of drug-likeness (QED) is 0.555. The Kier molecular flexibility index (Phi) is 3.78. The third-order valence-corrected chi connectivity index (χ3v) is 4.53. The van der Waals surface area contributed by atoms with Crippen LogP contribution in [0.4, 0.5) is 0 Å². The zero-order chi connectivity index (χ0) is 16.7. The zero-order valence-electron chi connectivity index (χ0n) is 12.1. The summed E-state index contributed by atoms with van der Waals surface area (Å²) >= 11 is 9.64. The van der Waals surface area contributed by atoms with Gasteiger partial charge >= 0.3 is 5.97 Å². The van der Waals surface area contributed by atoms with Crippen molar-refractivity contribution in [2.24, 2.45) is 4.99 Å². The molecule has 0 aliphatic carbocycles. The fourth-order valence-electron chi connectivity index (χ4n) is 2.35. The van der Waals surface area contributed by atoms with E-state index in [4.69, 9.17) is 25.8 Å². The summed E-state index contributed by atoms with van der Waals surface area (Å²) in [5.74, 6) is 0.867. The molecule has 0 amide bonds. The molecule has 0 fully saturated rings. The minimum Gasteiger partial charge on any atom is -0.454 e. The van der Waals surface area contributed by atoms with E-state index >= 15 is 0 Å². The maximum Gasteiger partial charge on any atom is 0.363 e. The molecule has 4 rings (SSSR count). The average molecular weight is 407 g/mol. The van der Waals surface area contributed by atoms with Gasteiger partial charge in [0.15, 0.2) is 17.2 Å². The molecule has 0 atom stereocenters. The summed E-state index contributed by atoms with van der Waals surface area (Å²) in [5.41, 5.74) is 1.47. The fourth-order valence-corrected chi connectivity index (χ4v) is 3.01. The molecule has 120 valence electrons. The molecule has 0 bridgehead atoms. The van der Waals surface area contributed by atoms with Crippen molar-refractivity contribution in [3.8, 4) is 11.5 Å². The number of hydrogen-bond donors (Lipinski definition) is 0. The second-order valence-electron chi connectivity index (χ2n) is 5.04. The van der Waals surface area contributed by atoms with Gasteiger partial charge in [0, 0.05) is 10.5 Å². The molecule has 0 aromatic heterocycles. The predicted molar refractivity (Wildman–Crippen MR) is 92.3 cm³/mol. The summed E-state index contributed by atoms with van der Waals surface area (Å²) in [6, 6.07) is 10.7. The van der Waals surface area contributed by atoms with Crippen molar-refractivity contribution < 1.29 is 19.0 Å². The van der Waals surface area contributed by atoms with Gasteiger partial charge in [0.1, 0.15) is 0 Å². The number of carbonyl (C=O) groups is 1. The van der Waals surface area contributed by atoms with E-state index in [9.17, 15) is 4.79 Å². The first-order chi connectivity index (χ1) is 11.6. The first-order valence-electron chi connectivity index (χ1n) is 6.98. The Balaban J connectivity index is 1.73. The highest BCUT2D eigenvalue weighted by Crippen LogP contribution is 2.38. The number of hydrogen-bond acceptors (Lipinski definition) is 5. The van der Waals surface area contributed by atoms with Crippen LogP contribution in [0.1, 0.15) is 11.1 Å². The smallest absolute Gasteiger partial charge is 0.363 e. The molecule has 7 heteroatoms. The van der Waals surface area contributed by atoms with Gasteiger partial charge in [-0.3, -0.25) is 0 Å². The molecule has 2 aromatic carbocycles. The van der Waals surface area contributed by atoms with E-state index in [1.165, 1.54) is 0 Å². The number of rotatable bonds is 2. The molecule has 0 N–H and O–H groups in total. The Bertz CT molecular complexity index is 923. The summed E-state index contributed by atoms with van der Waals surface area (Å²) in [4.78, 5) is 16.4. The molecule has 0 spiro atoms. The highest BCUT2D eigenvalue weighted by molar-refractivity contribution is 9.10. The topological polar surface area (TPSA) is 57.1 Å². The minimum absolute atomic E-state index is 0.151. The summed E-state index contributed by atoms with van der Waals surface area (Å²) in [6.07, 6.45) is 1.57. The number of fused-ring (bicyclic) bond motifs is 1. The molecule has 2 aromatic rings. The first kappa shape index (κ1) is 15.2. The van der Waals surface area contributed by atoms with Crippen LogP contribution in [0.5, 0.6) is 11.5 Å². The lowest BCUT2D eigenvalue weighted by Gasteiger charge is -2.01. The molecule has 0 saturated heterocycles.